The molecule has 2 N–H and O–H groups in total. The van der Waals surface area contributed by atoms with Crippen molar-refractivity contribution in [3.8, 4) is 11.1 Å². The number of carbonyl (C=O) groups excluding carboxylic acids is 2. The maximum atomic E-state index is 12.7. The van der Waals surface area contributed by atoms with Crippen LogP contribution in [0.5, 0.6) is 0 Å². The van der Waals surface area contributed by atoms with Crippen molar-refractivity contribution in [2.45, 2.75) is 26.2 Å². The summed E-state index contributed by atoms with van der Waals surface area (Å²) in [7, 11) is -3.02. The highest BCUT2D eigenvalue weighted by Gasteiger charge is 2.30. The largest absolute Gasteiger partial charge is 0.346 e. The topological polar surface area (TPSA) is 112 Å². The summed E-state index contributed by atoms with van der Waals surface area (Å²) in [6, 6.07) is 9.79. The van der Waals surface area contributed by atoms with E-state index in [1.54, 1.807) is 4.90 Å². The number of aryl methyl sites for hydroxylation is 1. The third-order valence-corrected chi connectivity index (χ3v) is 7.97. The first kappa shape index (κ1) is 21.6. The monoisotopic (exact) mass is 466 g/mol. The number of carbonyl (C=O) groups is 2. The number of fused-ring (bicyclic) bond motifs is 1. The van der Waals surface area contributed by atoms with E-state index in [1.165, 1.54) is 0 Å². The number of aromatic nitrogens is 2. The van der Waals surface area contributed by atoms with Gasteiger partial charge in [-0.1, -0.05) is 18.2 Å². The Morgan fingerprint density at radius 3 is 2.58 bits per heavy atom. The molecule has 1 aliphatic heterocycles. The Hall–Kier alpha value is -3.20. The van der Waals surface area contributed by atoms with Crippen molar-refractivity contribution < 1.29 is 18.0 Å². The molecule has 172 valence electrons. The fourth-order valence-corrected chi connectivity index (χ4v) is 5.49. The van der Waals surface area contributed by atoms with Crippen LogP contribution in [-0.2, 0) is 25.8 Å². The predicted molar refractivity (Wildman–Crippen MR) is 127 cm³/mol. The fourth-order valence-electron chi connectivity index (χ4n) is 4.28. The minimum absolute atomic E-state index is 0.00968. The van der Waals surface area contributed by atoms with Crippen LogP contribution in [0.4, 0.5) is 5.82 Å². The van der Waals surface area contributed by atoms with Gasteiger partial charge in [-0.3, -0.25) is 9.59 Å². The van der Waals surface area contributed by atoms with Gasteiger partial charge >= 0.3 is 0 Å². The number of amides is 2. The Kier molecular flexibility index (Phi) is 5.44. The second-order valence-electron chi connectivity index (χ2n) is 8.92. The molecule has 1 aromatic carbocycles. The number of benzene rings is 1. The van der Waals surface area contributed by atoms with Crippen LogP contribution in [0.1, 0.15) is 24.0 Å². The molecule has 0 unspecified atom stereocenters. The molecule has 1 saturated carbocycles. The lowest BCUT2D eigenvalue weighted by Crippen LogP contribution is -2.44. The van der Waals surface area contributed by atoms with Gasteiger partial charge in [0.2, 0.25) is 11.8 Å². The van der Waals surface area contributed by atoms with E-state index in [0.717, 1.165) is 40.5 Å². The number of nitrogens with zero attached hydrogens (tertiary/aromatic N) is 2. The van der Waals surface area contributed by atoms with Crippen molar-refractivity contribution in [3.63, 3.8) is 0 Å². The molecule has 2 fully saturated rings. The molecule has 0 atom stereocenters. The first-order valence-corrected chi connectivity index (χ1v) is 13.0. The summed E-state index contributed by atoms with van der Waals surface area (Å²) < 4.78 is 23.2. The van der Waals surface area contributed by atoms with E-state index in [-0.39, 0.29) is 48.7 Å². The lowest BCUT2D eigenvalue weighted by atomic mass is 9.96. The lowest BCUT2D eigenvalue weighted by Gasteiger charge is -2.26. The van der Waals surface area contributed by atoms with Gasteiger partial charge in [-0.2, -0.15) is 0 Å². The maximum Gasteiger partial charge on any atom is 0.228 e. The van der Waals surface area contributed by atoms with Gasteiger partial charge < -0.3 is 15.2 Å². The van der Waals surface area contributed by atoms with Crippen LogP contribution in [-0.4, -0.2) is 59.7 Å². The highest BCUT2D eigenvalue weighted by atomic mass is 32.2. The number of rotatable bonds is 5. The Labute approximate surface area is 192 Å². The van der Waals surface area contributed by atoms with Gasteiger partial charge in [-0.15, -0.1) is 0 Å². The van der Waals surface area contributed by atoms with Crippen molar-refractivity contribution in [3.05, 3.63) is 47.7 Å². The minimum atomic E-state index is -3.02. The zero-order valence-electron chi connectivity index (χ0n) is 18.4. The smallest absolute Gasteiger partial charge is 0.228 e. The van der Waals surface area contributed by atoms with Crippen molar-refractivity contribution in [1.29, 1.82) is 0 Å². The number of nitrogens with one attached hydrogen (secondary N) is 2. The molecule has 1 saturated heterocycles. The second kappa shape index (κ2) is 8.30. The van der Waals surface area contributed by atoms with Crippen LogP contribution in [0, 0.1) is 12.8 Å². The summed E-state index contributed by atoms with van der Waals surface area (Å²) in [6.07, 6.45) is 3.92. The molecule has 0 bridgehead atoms. The molecule has 2 aromatic heterocycles. The molecule has 33 heavy (non-hydrogen) atoms. The maximum absolute atomic E-state index is 12.7. The number of hydrogen-bond donors (Lipinski definition) is 2. The molecular weight excluding hydrogens is 440 g/mol. The zero-order valence-corrected chi connectivity index (χ0v) is 19.2. The number of H-pyrrole nitrogens is 1. The molecule has 3 aromatic rings. The summed E-state index contributed by atoms with van der Waals surface area (Å²) in [5, 5.41) is 3.89. The van der Waals surface area contributed by atoms with Crippen LogP contribution in [0.15, 0.2) is 36.5 Å². The van der Waals surface area contributed by atoms with Crippen LogP contribution in [0.2, 0.25) is 0 Å². The van der Waals surface area contributed by atoms with Gasteiger partial charge in [-0.25, -0.2) is 13.4 Å². The van der Waals surface area contributed by atoms with Gasteiger partial charge in [0.1, 0.15) is 11.5 Å². The summed E-state index contributed by atoms with van der Waals surface area (Å²) in [5.74, 6) is 0.633. The minimum Gasteiger partial charge on any atom is -0.346 e. The predicted octanol–water partition coefficient (Wildman–Crippen LogP) is 2.69. The van der Waals surface area contributed by atoms with E-state index < -0.39 is 9.84 Å². The summed E-state index contributed by atoms with van der Waals surface area (Å²) in [4.78, 5) is 34.2. The number of hydrogen-bond acceptors (Lipinski definition) is 5. The number of aromatic amines is 1. The van der Waals surface area contributed by atoms with Gasteiger partial charge in [0.25, 0.3) is 0 Å². The van der Waals surface area contributed by atoms with E-state index >= 15 is 0 Å². The van der Waals surface area contributed by atoms with Crippen molar-refractivity contribution in [1.82, 2.24) is 14.9 Å². The first-order chi connectivity index (χ1) is 15.8. The van der Waals surface area contributed by atoms with Crippen LogP contribution in [0.3, 0.4) is 0 Å². The number of anilines is 1. The summed E-state index contributed by atoms with van der Waals surface area (Å²) in [6.45, 7) is 2.52. The summed E-state index contributed by atoms with van der Waals surface area (Å²) >= 11 is 0. The average Bonchev–Trinajstić information content (AvgIpc) is 3.51. The van der Waals surface area contributed by atoms with Gasteiger partial charge in [-0.05, 0) is 54.2 Å². The van der Waals surface area contributed by atoms with Crippen LogP contribution in [0.25, 0.3) is 22.2 Å². The quantitative estimate of drug-likeness (QED) is 0.600. The first-order valence-electron chi connectivity index (χ1n) is 11.2. The van der Waals surface area contributed by atoms with Crippen molar-refractivity contribution in [2.24, 2.45) is 5.92 Å². The zero-order chi connectivity index (χ0) is 23.2. The molecule has 2 amide bonds. The lowest BCUT2D eigenvalue weighted by molar-refractivity contribution is -0.130. The normalized spacial score (nSPS) is 17.8. The molecule has 0 radical (unpaired) electrons. The average molecular weight is 467 g/mol. The molecular formula is C24H26N4O4S. The van der Waals surface area contributed by atoms with Crippen molar-refractivity contribution >= 4 is 38.5 Å². The fraction of sp³-hybridized carbons (Fsp3) is 0.375. The molecule has 9 heteroatoms. The molecule has 8 nitrogen and oxygen atoms in total. The molecule has 3 heterocycles. The van der Waals surface area contributed by atoms with Crippen LogP contribution < -0.4 is 5.32 Å². The Balaban J connectivity index is 1.38. The third kappa shape index (κ3) is 4.64. The second-order valence-corrected chi connectivity index (χ2v) is 11.2. The Morgan fingerprint density at radius 2 is 1.88 bits per heavy atom. The van der Waals surface area contributed by atoms with E-state index in [9.17, 15) is 18.0 Å². The van der Waals surface area contributed by atoms with E-state index in [0.29, 0.717) is 11.5 Å². The Morgan fingerprint density at radius 1 is 1.12 bits per heavy atom. The molecule has 1 aliphatic carbocycles. The highest BCUT2D eigenvalue weighted by Crippen LogP contribution is 2.34. The van der Waals surface area contributed by atoms with E-state index in [1.807, 2.05) is 43.5 Å². The van der Waals surface area contributed by atoms with Gasteiger partial charge in [0, 0.05) is 30.6 Å². The molecule has 2 aliphatic rings. The molecule has 5 rings (SSSR count). The third-order valence-electron chi connectivity index (χ3n) is 6.36. The summed E-state index contributed by atoms with van der Waals surface area (Å²) in [5.41, 5.74) is 4.57. The number of sulfone groups is 1. The SMILES string of the molecule is Cc1cc(CC(=O)N2CCS(=O)(=O)CC2)ccc1-c1cc(NC(=O)C2CC2)nc2[nH]ccc12. The van der Waals surface area contributed by atoms with Gasteiger partial charge in [0.05, 0.1) is 17.9 Å². The standard InChI is InChI=1S/C24H26N4O4S/c1-15-12-16(13-22(29)28-8-10-33(31,32)11-9-28)2-5-18(15)20-14-21(27-24(30)17-3-4-17)26-23-19(20)6-7-25-23/h2,5-7,12,14,17H,3-4,8-11,13H2,1H3,(H2,25,26,27,30). The van der Waals surface area contributed by atoms with E-state index in [4.69, 9.17) is 0 Å². The van der Waals surface area contributed by atoms with Gasteiger partial charge in [0.15, 0.2) is 9.84 Å². The van der Waals surface area contributed by atoms with E-state index in [2.05, 4.69) is 15.3 Å². The highest BCUT2D eigenvalue weighted by molar-refractivity contribution is 7.91. The van der Waals surface area contributed by atoms with Crippen molar-refractivity contribution in [2.75, 3.05) is 29.9 Å². The Bertz CT molecular complexity index is 1340. The molecule has 0 spiro atoms. The van der Waals surface area contributed by atoms with Crippen LogP contribution >= 0.6 is 0 Å². The number of pyridine rings is 1.